The number of rotatable bonds is 2. The molecule has 0 aromatic carbocycles. The average molecular weight is 121 g/mol. The van der Waals surface area contributed by atoms with Crippen LogP contribution in [0.5, 0.6) is 5.06 Å². The van der Waals surface area contributed by atoms with Gasteiger partial charge in [0.1, 0.15) is 0 Å². The van der Waals surface area contributed by atoms with Crippen molar-refractivity contribution in [1.29, 1.82) is 0 Å². The van der Waals surface area contributed by atoms with Crippen molar-refractivity contribution in [3.05, 3.63) is 17.5 Å². The Morgan fingerprint density at radius 1 is 1.75 bits per heavy atom. The molecule has 0 N–H and O–H groups in total. The highest BCUT2D eigenvalue weighted by atomic mass is 32.1. The summed E-state index contributed by atoms with van der Waals surface area (Å²) in [6.07, 6.45) is 0. The molecule has 0 bridgehead atoms. The van der Waals surface area contributed by atoms with Crippen LogP contribution in [0.4, 0.5) is 0 Å². The smallest absolute Gasteiger partial charge is 0.303 e. The maximum atomic E-state index is 4.98. The Hall–Kier alpha value is -0.370. The summed E-state index contributed by atoms with van der Waals surface area (Å²) in [6.45, 7) is 0. The monoisotopic (exact) mass is 121 g/mol. The standard InChI is InChI=1S/C4H3B2OS/c5-6-7-4-2-1-3-8-4/h1-3H. The van der Waals surface area contributed by atoms with E-state index in [1.54, 1.807) is 0 Å². The maximum absolute atomic E-state index is 4.98. The van der Waals surface area contributed by atoms with E-state index < -0.39 is 0 Å². The molecule has 0 aliphatic rings. The minimum atomic E-state index is 0.826. The normalized spacial score (nSPS) is 8.50. The topological polar surface area (TPSA) is 9.23 Å². The minimum Gasteiger partial charge on any atom is -0.567 e. The average Bonchev–Trinajstić information content (AvgIpc) is 2.19. The molecular weight excluding hydrogens is 118 g/mol. The predicted molar refractivity (Wildman–Crippen MR) is 36.5 cm³/mol. The molecule has 1 aromatic rings. The van der Waals surface area contributed by atoms with Crippen molar-refractivity contribution in [1.82, 2.24) is 0 Å². The molecule has 1 heterocycles. The molecule has 0 spiro atoms. The molecule has 0 amide bonds. The van der Waals surface area contributed by atoms with Crippen LogP contribution in [-0.4, -0.2) is 15.1 Å². The van der Waals surface area contributed by atoms with Gasteiger partial charge in [0.25, 0.3) is 0 Å². The van der Waals surface area contributed by atoms with Gasteiger partial charge in [-0.15, -0.1) is 11.3 Å². The van der Waals surface area contributed by atoms with Gasteiger partial charge in [-0.25, -0.2) is 0 Å². The van der Waals surface area contributed by atoms with Crippen molar-refractivity contribution in [2.75, 3.05) is 0 Å². The van der Waals surface area contributed by atoms with Crippen LogP contribution in [0.15, 0.2) is 17.5 Å². The van der Waals surface area contributed by atoms with Crippen LogP contribution in [0.3, 0.4) is 0 Å². The van der Waals surface area contributed by atoms with Crippen LogP contribution in [0.2, 0.25) is 0 Å². The van der Waals surface area contributed by atoms with E-state index in [4.69, 9.17) is 12.4 Å². The van der Waals surface area contributed by atoms with Gasteiger partial charge in [-0.05, 0) is 17.5 Å². The highest BCUT2D eigenvalue weighted by Gasteiger charge is 1.87. The Morgan fingerprint density at radius 3 is 3.12 bits per heavy atom. The molecule has 8 heavy (non-hydrogen) atoms. The fourth-order valence-corrected chi connectivity index (χ4v) is 0.957. The first-order chi connectivity index (χ1) is 3.93. The van der Waals surface area contributed by atoms with Crippen molar-refractivity contribution in [3.63, 3.8) is 0 Å². The molecule has 0 aliphatic carbocycles. The Labute approximate surface area is 54.3 Å². The second-order valence-electron chi connectivity index (χ2n) is 1.19. The van der Waals surface area contributed by atoms with Crippen molar-refractivity contribution in [2.24, 2.45) is 0 Å². The number of thiophene rings is 1. The molecule has 0 unspecified atom stereocenters. The summed E-state index contributed by atoms with van der Waals surface area (Å²) >= 11 is 1.51. The van der Waals surface area contributed by atoms with Gasteiger partial charge in [0.05, 0.1) is 7.74 Å². The molecule has 1 aromatic heterocycles. The zero-order valence-corrected chi connectivity index (χ0v) is 5.02. The van der Waals surface area contributed by atoms with E-state index >= 15 is 0 Å². The molecule has 1 rings (SSSR count). The Kier molecular flexibility index (Phi) is 2.03. The summed E-state index contributed by atoms with van der Waals surface area (Å²) in [5, 5.41) is 2.76. The lowest BCUT2D eigenvalue weighted by molar-refractivity contribution is 0.628. The van der Waals surface area contributed by atoms with Gasteiger partial charge in [0.15, 0.2) is 5.06 Å². The molecule has 0 saturated carbocycles. The molecule has 0 saturated heterocycles. The van der Waals surface area contributed by atoms with Crippen molar-refractivity contribution in [2.45, 2.75) is 0 Å². The molecule has 37 valence electrons. The Balaban J connectivity index is 2.50. The second kappa shape index (κ2) is 2.82. The summed E-state index contributed by atoms with van der Waals surface area (Å²) in [5.74, 6) is 0. The highest BCUT2D eigenvalue weighted by Crippen LogP contribution is 2.16. The summed E-state index contributed by atoms with van der Waals surface area (Å²) in [7, 11) is 6.15. The molecule has 3 radical (unpaired) electrons. The van der Waals surface area contributed by atoms with Gasteiger partial charge >= 0.3 is 7.37 Å². The molecule has 0 fully saturated rings. The van der Waals surface area contributed by atoms with Crippen molar-refractivity contribution >= 4 is 26.4 Å². The van der Waals surface area contributed by atoms with E-state index in [1.165, 1.54) is 18.7 Å². The molecule has 4 heteroatoms. The Bertz CT molecular complexity index is 140. The van der Waals surface area contributed by atoms with Gasteiger partial charge in [-0.3, -0.25) is 0 Å². The van der Waals surface area contributed by atoms with E-state index in [0.717, 1.165) is 5.06 Å². The first-order valence-electron chi connectivity index (χ1n) is 2.17. The maximum Gasteiger partial charge on any atom is 0.303 e. The van der Waals surface area contributed by atoms with E-state index in [9.17, 15) is 0 Å². The van der Waals surface area contributed by atoms with Gasteiger partial charge in [0.2, 0.25) is 0 Å². The second-order valence-corrected chi connectivity index (χ2v) is 2.10. The summed E-state index contributed by atoms with van der Waals surface area (Å²) in [6, 6.07) is 3.76. The third-order valence-electron chi connectivity index (χ3n) is 0.679. The number of hydrogen-bond acceptors (Lipinski definition) is 2. The van der Waals surface area contributed by atoms with Crippen molar-refractivity contribution < 1.29 is 4.65 Å². The van der Waals surface area contributed by atoms with E-state index in [2.05, 4.69) is 0 Å². The largest absolute Gasteiger partial charge is 0.567 e. The van der Waals surface area contributed by atoms with Crippen LogP contribution in [0, 0.1) is 0 Å². The lowest BCUT2D eigenvalue weighted by Crippen LogP contribution is -1.98. The van der Waals surface area contributed by atoms with Crippen LogP contribution >= 0.6 is 11.3 Å². The molecule has 0 atom stereocenters. The van der Waals surface area contributed by atoms with Crippen LogP contribution in [0.1, 0.15) is 0 Å². The summed E-state index contributed by atoms with van der Waals surface area (Å²) < 4.78 is 4.82. The molecular formula is C4H3B2OS. The van der Waals surface area contributed by atoms with E-state index in [1.807, 2.05) is 17.5 Å². The zero-order chi connectivity index (χ0) is 5.82. The fraction of sp³-hybridized carbons (Fsp3) is 0. The van der Waals surface area contributed by atoms with Crippen LogP contribution < -0.4 is 4.65 Å². The molecule has 1 nitrogen and oxygen atoms in total. The van der Waals surface area contributed by atoms with Gasteiger partial charge in [-0.1, -0.05) is 0 Å². The van der Waals surface area contributed by atoms with Crippen LogP contribution in [0.25, 0.3) is 0 Å². The van der Waals surface area contributed by atoms with Gasteiger partial charge in [-0.2, -0.15) is 0 Å². The van der Waals surface area contributed by atoms with E-state index in [0.29, 0.717) is 0 Å². The fourth-order valence-electron chi connectivity index (χ4n) is 0.398. The lowest BCUT2D eigenvalue weighted by atomic mass is 9.72. The third-order valence-corrected chi connectivity index (χ3v) is 1.44. The van der Waals surface area contributed by atoms with Crippen molar-refractivity contribution in [3.8, 4) is 5.06 Å². The number of hydrogen-bond donors (Lipinski definition) is 0. The van der Waals surface area contributed by atoms with Crippen LogP contribution in [-0.2, 0) is 0 Å². The summed E-state index contributed by atoms with van der Waals surface area (Å²) in [4.78, 5) is 0. The van der Waals surface area contributed by atoms with Gasteiger partial charge < -0.3 is 4.65 Å². The van der Waals surface area contributed by atoms with E-state index in [-0.39, 0.29) is 0 Å². The Morgan fingerprint density at radius 2 is 2.62 bits per heavy atom. The molecule has 0 aliphatic heterocycles. The lowest BCUT2D eigenvalue weighted by Gasteiger charge is -1.93. The minimum absolute atomic E-state index is 0.826. The highest BCUT2D eigenvalue weighted by molar-refractivity contribution is 7.12. The third kappa shape index (κ3) is 1.30. The first kappa shape index (κ1) is 5.76. The predicted octanol–water partition coefficient (Wildman–Crippen LogP) is 0.830. The summed E-state index contributed by atoms with van der Waals surface area (Å²) in [5.41, 5.74) is 0. The SMILES string of the molecule is [B][B]Oc1cccs1. The first-order valence-corrected chi connectivity index (χ1v) is 3.05. The van der Waals surface area contributed by atoms with Gasteiger partial charge in [0, 0.05) is 0 Å². The quantitative estimate of drug-likeness (QED) is 0.526. The zero-order valence-electron chi connectivity index (χ0n) is 4.20.